The molecule has 0 unspecified atom stereocenters. The molecule has 2 aromatic rings. The molecule has 4 N–H and O–H groups in total. The van der Waals surface area contributed by atoms with Crippen LogP contribution in [0.1, 0.15) is 15.9 Å². The lowest BCUT2D eigenvalue weighted by Crippen LogP contribution is -2.20. The van der Waals surface area contributed by atoms with Crippen LogP contribution in [0.2, 0.25) is 0 Å². The minimum absolute atomic E-state index is 0.223. The van der Waals surface area contributed by atoms with Gasteiger partial charge in [-0.3, -0.25) is 4.79 Å². The van der Waals surface area contributed by atoms with Crippen molar-refractivity contribution in [1.29, 1.82) is 0 Å². The van der Waals surface area contributed by atoms with Crippen molar-refractivity contribution in [2.75, 3.05) is 10.6 Å². The zero-order valence-electron chi connectivity index (χ0n) is 11.3. The molecule has 0 aliphatic carbocycles. The Kier molecular flexibility index (Phi) is 4.49. The van der Waals surface area contributed by atoms with Crippen molar-refractivity contribution in [2.45, 2.75) is 6.92 Å². The Balaban J connectivity index is 2.10. The van der Waals surface area contributed by atoms with E-state index >= 15 is 0 Å². The molecule has 0 saturated heterocycles. The van der Waals surface area contributed by atoms with E-state index in [1.807, 2.05) is 6.92 Å². The van der Waals surface area contributed by atoms with E-state index in [1.165, 1.54) is 6.07 Å². The number of anilines is 2. The number of amides is 1. The number of nitrogens with two attached hydrogens (primary N) is 1. The van der Waals surface area contributed by atoms with Gasteiger partial charge in [-0.1, -0.05) is 12.1 Å². The highest BCUT2D eigenvalue weighted by atomic mass is 32.1. The summed E-state index contributed by atoms with van der Waals surface area (Å²) in [6, 6.07) is 11.3. The second-order valence-corrected chi connectivity index (χ2v) is 4.92. The number of carbonyl (C=O) groups excluding carboxylic acids is 1. The molecule has 0 fully saturated rings. The second-order valence-electron chi connectivity index (χ2n) is 4.51. The maximum atomic E-state index is 13.6. The number of aryl methyl sites for hydroxylation is 1. The fraction of sp³-hybridized carbons (Fsp3) is 0.0667. The molecule has 0 aliphatic rings. The average Bonchev–Trinajstić information content (AvgIpc) is 2.43. The quantitative estimate of drug-likeness (QED) is 0.762. The van der Waals surface area contributed by atoms with E-state index in [9.17, 15) is 9.18 Å². The van der Waals surface area contributed by atoms with Crippen LogP contribution in [0.3, 0.4) is 0 Å². The summed E-state index contributed by atoms with van der Waals surface area (Å²) in [4.78, 5) is 11.1. The summed E-state index contributed by atoms with van der Waals surface area (Å²) in [5, 5.41) is 5.88. The predicted octanol–water partition coefficient (Wildman–Crippen LogP) is 3.04. The van der Waals surface area contributed by atoms with Crippen LogP contribution in [-0.4, -0.2) is 11.0 Å². The number of carbonyl (C=O) groups is 1. The van der Waals surface area contributed by atoms with Gasteiger partial charge in [0.25, 0.3) is 0 Å². The SMILES string of the molecule is Cc1ccc(F)c(NC(=S)Nc2cccc(C(N)=O)c2)c1. The molecule has 0 bridgehead atoms. The third-order valence-electron chi connectivity index (χ3n) is 2.78. The van der Waals surface area contributed by atoms with Gasteiger partial charge in [-0.25, -0.2) is 4.39 Å². The van der Waals surface area contributed by atoms with Gasteiger partial charge < -0.3 is 16.4 Å². The summed E-state index contributed by atoms with van der Waals surface area (Å²) >= 11 is 5.12. The Morgan fingerprint density at radius 3 is 2.67 bits per heavy atom. The highest BCUT2D eigenvalue weighted by Gasteiger charge is 2.06. The van der Waals surface area contributed by atoms with Gasteiger partial charge in [0.05, 0.1) is 5.69 Å². The normalized spacial score (nSPS) is 10.0. The molecule has 21 heavy (non-hydrogen) atoms. The Morgan fingerprint density at radius 2 is 1.95 bits per heavy atom. The third kappa shape index (κ3) is 4.00. The lowest BCUT2D eigenvalue weighted by atomic mass is 10.2. The third-order valence-corrected chi connectivity index (χ3v) is 2.98. The molecule has 0 aliphatic heterocycles. The van der Waals surface area contributed by atoms with Gasteiger partial charge in [0.1, 0.15) is 5.82 Å². The number of halogens is 1. The van der Waals surface area contributed by atoms with Crippen LogP contribution in [0.5, 0.6) is 0 Å². The Morgan fingerprint density at radius 1 is 1.19 bits per heavy atom. The molecule has 6 heteroatoms. The van der Waals surface area contributed by atoms with E-state index in [4.69, 9.17) is 18.0 Å². The monoisotopic (exact) mass is 303 g/mol. The van der Waals surface area contributed by atoms with Crippen LogP contribution in [0.25, 0.3) is 0 Å². The molecular formula is C15H14FN3OS. The van der Waals surface area contributed by atoms with Crippen molar-refractivity contribution in [1.82, 2.24) is 0 Å². The van der Waals surface area contributed by atoms with Crippen molar-refractivity contribution in [2.24, 2.45) is 5.73 Å². The minimum Gasteiger partial charge on any atom is -0.366 e. The summed E-state index contributed by atoms with van der Waals surface area (Å²) in [6.07, 6.45) is 0. The average molecular weight is 303 g/mol. The van der Waals surface area contributed by atoms with E-state index in [2.05, 4.69) is 10.6 Å². The molecule has 0 spiro atoms. The molecule has 2 rings (SSSR count). The number of nitrogens with one attached hydrogen (secondary N) is 2. The standard InChI is InChI=1S/C15H14FN3OS/c1-9-5-6-12(16)13(7-9)19-15(21)18-11-4-2-3-10(8-11)14(17)20/h2-8H,1H3,(H2,17,20)(H2,18,19,21). The minimum atomic E-state index is -0.526. The molecule has 4 nitrogen and oxygen atoms in total. The van der Waals surface area contributed by atoms with Crippen LogP contribution in [0.4, 0.5) is 15.8 Å². The number of thiocarbonyl (C=S) groups is 1. The first-order valence-corrected chi connectivity index (χ1v) is 6.60. The maximum absolute atomic E-state index is 13.6. The van der Waals surface area contributed by atoms with Crippen LogP contribution in [0.15, 0.2) is 42.5 Å². The van der Waals surface area contributed by atoms with E-state index in [0.717, 1.165) is 5.56 Å². The van der Waals surface area contributed by atoms with Crippen molar-refractivity contribution < 1.29 is 9.18 Å². The number of hydrogen-bond donors (Lipinski definition) is 3. The number of rotatable bonds is 3. The van der Waals surface area contributed by atoms with Crippen molar-refractivity contribution in [3.63, 3.8) is 0 Å². The summed E-state index contributed by atoms with van der Waals surface area (Å²) in [6.45, 7) is 1.86. The second kappa shape index (κ2) is 6.32. The summed E-state index contributed by atoms with van der Waals surface area (Å²) in [7, 11) is 0. The first-order chi connectivity index (χ1) is 9.95. The lowest BCUT2D eigenvalue weighted by Gasteiger charge is -2.12. The first kappa shape index (κ1) is 14.9. The van der Waals surface area contributed by atoms with Crippen LogP contribution in [-0.2, 0) is 0 Å². The van der Waals surface area contributed by atoms with Crippen molar-refractivity contribution in [3.8, 4) is 0 Å². The summed E-state index contributed by atoms with van der Waals surface area (Å²) in [5.74, 6) is -0.919. The summed E-state index contributed by atoms with van der Waals surface area (Å²) in [5.41, 5.74) is 7.37. The molecule has 1 amide bonds. The van der Waals surface area contributed by atoms with Gasteiger partial charge in [-0.15, -0.1) is 0 Å². The fourth-order valence-corrected chi connectivity index (χ4v) is 2.00. The first-order valence-electron chi connectivity index (χ1n) is 6.20. The zero-order valence-corrected chi connectivity index (χ0v) is 12.1. The van der Waals surface area contributed by atoms with E-state index in [0.29, 0.717) is 16.9 Å². The van der Waals surface area contributed by atoms with E-state index in [1.54, 1.807) is 36.4 Å². The van der Waals surface area contributed by atoms with Gasteiger partial charge in [0.15, 0.2) is 5.11 Å². The molecule has 108 valence electrons. The highest BCUT2D eigenvalue weighted by molar-refractivity contribution is 7.80. The maximum Gasteiger partial charge on any atom is 0.248 e. The number of benzene rings is 2. The molecule has 0 heterocycles. The predicted molar refractivity (Wildman–Crippen MR) is 85.9 cm³/mol. The van der Waals surface area contributed by atoms with Gasteiger partial charge >= 0.3 is 0 Å². The van der Waals surface area contributed by atoms with Crippen LogP contribution in [0, 0.1) is 12.7 Å². The van der Waals surface area contributed by atoms with Crippen LogP contribution < -0.4 is 16.4 Å². The molecule has 0 radical (unpaired) electrons. The Labute approximate surface area is 127 Å². The molecule has 0 saturated carbocycles. The van der Waals surface area contributed by atoms with Crippen molar-refractivity contribution >= 4 is 34.6 Å². The molecule has 0 atom stereocenters. The molecule has 0 aromatic heterocycles. The van der Waals surface area contributed by atoms with Gasteiger partial charge in [-0.2, -0.15) is 0 Å². The summed E-state index contributed by atoms with van der Waals surface area (Å²) < 4.78 is 13.6. The van der Waals surface area contributed by atoms with E-state index in [-0.39, 0.29) is 5.11 Å². The largest absolute Gasteiger partial charge is 0.366 e. The lowest BCUT2D eigenvalue weighted by molar-refractivity contribution is 0.100. The van der Waals surface area contributed by atoms with Gasteiger partial charge in [-0.05, 0) is 55.0 Å². The molecule has 2 aromatic carbocycles. The number of primary amides is 1. The number of hydrogen-bond acceptors (Lipinski definition) is 2. The van der Waals surface area contributed by atoms with Gasteiger partial charge in [0, 0.05) is 11.3 Å². The van der Waals surface area contributed by atoms with Gasteiger partial charge in [0.2, 0.25) is 5.91 Å². The van der Waals surface area contributed by atoms with Crippen LogP contribution >= 0.6 is 12.2 Å². The molecular weight excluding hydrogens is 289 g/mol. The Hall–Kier alpha value is -2.47. The Bertz CT molecular complexity index is 703. The van der Waals surface area contributed by atoms with E-state index < -0.39 is 11.7 Å². The highest BCUT2D eigenvalue weighted by Crippen LogP contribution is 2.16. The fourth-order valence-electron chi connectivity index (χ4n) is 1.77. The van der Waals surface area contributed by atoms with Crippen molar-refractivity contribution in [3.05, 3.63) is 59.4 Å². The smallest absolute Gasteiger partial charge is 0.248 e. The zero-order chi connectivity index (χ0) is 15.4. The topological polar surface area (TPSA) is 67.2 Å².